The fourth-order valence-corrected chi connectivity index (χ4v) is 1.78. The lowest BCUT2D eigenvalue weighted by molar-refractivity contribution is -0.108. The second-order valence-electron chi connectivity index (χ2n) is 3.89. The van der Waals surface area contributed by atoms with Crippen molar-refractivity contribution in [3.63, 3.8) is 0 Å². The van der Waals surface area contributed by atoms with Crippen LogP contribution in [0, 0.1) is 0 Å². The Bertz CT molecular complexity index is 361. The number of halogens is 1. The number of ether oxygens (including phenoxy) is 1. The number of hydrogen-bond acceptors (Lipinski definition) is 2. The molecule has 1 aromatic rings. The van der Waals surface area contributed by atoms with Gasteiger partial charge in [-0.3, -0.25) is 0 Å². The van der Waals surface area contributed by atoms with Crippen LogP contribution in [0.3, 0.4) is 0 Å². The molecule has 0 saturated heterocycles. The molecule has 1 rings (SSSR count). The van der Waals surface area contributed by atoms with Crippen molar-refractivity contribution in [2.45, 2.75) is 32.4 Å². The Morgan fingerprint density at radius 2 is 2.00 bits per heavy atom. The van der Waals surface area contributed by atoms with Crippen LogP contribution in [0.2, 0.25) is 0 Å². The Kier molecular flexibility index (Phi) is 4.47. The zero-order valence-corrected chi connectivity index (χ0v) is 9.87. The van der Waals surface area contributed by atoms with Gasteiger partial charge in [-0.1, -0.05) is 25.1 Å². The topological polar surface area (TPSA) is 26.3 Å². The smallest absolute Gasteiger partial charge is 0.128 e. The van der Waals surface area contributed by atoms with E-state index < -0.39 is 6.17 Å². The monoisotopic (exact) mass is 224 g/mol. The molecule has 0 spiro atoms. The maximum absolute atomic E-state index is 13.4. The van der Waals surface area contributed by atoms with E-state index in [0.717, 1.165) is 11.8 Å². The molecule has 0 N–H and O–H groups in total. The number of rotatable bonds is 5. The first-order chi connectivity index (χ1) is 7.61. The zero-order valence-electron chi connectivity index (χ0n) is 9.87. The number of alkyl halides is 1. The van der Waals surface area contributed by atoms with Gasteiger partial charge in [0.25, 0.3) is 0 Å². The summed E-state index contributed by atoms with van der Waals surface area (Å²) >= 11 is 0. The van der Waals surface area contributed by atoms with Crippen LogP contribution in [0.25, 0.3) is 0 Å². The summed E-state index contributed by atoms with van der Waals surface area (Å²) in [7, 11) is 1.53. The van der Waals surface area contributed by atoms with E-state index >= 15 is 0 Å². The summed E-state index contributed by atoms with van der Waals surface area (Å²) in [5.41, 5.74) is 1.43. The quantitative estimate of drug-likeness (QED) is 0.716. The normalized spacial score (nSPS) is 14.2. The molecule has 16 heavy (non-hydrogen) atoms. The van der Waals surface area contributed by atoms with Crippen LogP contribution in [0.1, 0.15) is 43.5 Å². The zero-order chi connectivity index (χ0) is 12.1. The lowest BCUT2D eigenvalue weighted by Gasteiger charge is -2.17. The van der Waals surface area contributed by atoms with E-state index in [4.69, 9.17) is 4.74 Å². The average Bonchev–Trinajstić information content (AvgIpc) is 2.28. The number of carbonyl (C=O) groups is 1. The molecule has 0 heterocycles. The highest BCUT2D eigenvalue weighted by atomic mass is 19.1. The molecule has 3 heteroatoms. The highest BCUT2D eigenvalue weighted by Gasteiger charge is 2.17. The molecule has 0 radical (unpaired) electrons. The Balaban J connectivity index is 3.17. The third-order valence-electron chi connectivity index (χ3n) is 2.69. The van der Waals surface area contributed by atoms with Crippen molar-refractivity contribution < 1.29 is 13.9 Å². The summed E-state index contributed by atoms with van der Waals surface area (Å²) in [6.45, 7) is 3.41. The summed E-state index contributed by atoms with van der Waals surface area (Å²) in [5, 5.41) is 0. The lowest BCUT2D eigenvalue weighted by atomic mass is 9.94. The number of hydrogen-bond donors (Lipinski definition) is 0. The van der Waals surface area contributed by atoms with Crippen LogP contribution in [-0.4, -0.2) is 13.4 Å². The van der Waals surface area contributed by atoms with Gasteiger partial charge in [0.05, 0.1) is 7.11 Å². The molecule has 2 unspecified atom stereocenters. The Labute approximate surface area is 95.4 Å². The maximum Gasteiger partial charge on any atom is 0.128 e. The van der Waals surface area contributed by atoms with Crippen molar-refractivity contribution in [1.82, 2.24) is 0 Å². The van der Waals surface area contributed by atoms with E-state index in [0.29, 0.717) is 17.7 Å². The van der Waals surface area contributed by atoms with E-state index in [2.05, 4.69) is 0 Å². The summed E-state index contributed by atoms with van der Waals surface area (Å²) in [4.78, 5) is 10.5. The molecule has 0 saturated carbocycles. The van der Waals surface area contributed by atoms with Crippen LogP contribution < -0.4 is 4.74 Å². The summed E-state index contributed by atoms with van der Waals surface area (Å²) in [6.07, 6.45) is 0.217. The van der Waals surface area contributed by atoms with Crippen molar-refractivity contribution >= 4 is 6.29 Å². The lowest BCUT2D eigenvalue weighted by Crippen LogP contribution is -2.02. The van der Waals surface area contributed by atoms with E-state index in [1.54, 1.807) is 12.1 Å². The van der Waals surface area contributed by atoms with Crippen molar-refractivity contribution in [3.8, 4) is 5.75 Å². The first-order valence-electron chi connectivity index (χ1n) is 5.36. The Hall–Kier alpha value is -1.38. The first-order valence-corrected chi connectivity index (χ1v) is 5.36. The van der Waals surface area contributed by atoms with Gasteiger partial charge in [-0.15, -0.1) is 0 Å². The summed E-state index contributed by atoms with van der Waals surface area (Å²) in [5.74, 6) is 0.609. The molecule has 0 aromatic heterocycles. The molecule has 0 aliphatic heterocycles. The van der Waals surface area contributed by atoms with Gasteiger partial charge < -0.3 is 9.53 Å². The van der Waals surface area contributed by atoms with Crippen LogP contribution in [-0.2, 0) is 4.79 Å². The molecule has 0 fully saturated rings. The van der Waals surface area contributed by atoms with Gasteiger partial charge >= 0.3 is 0 Å². The van der Waals surface area contributed by atoms with Crippen LogP contribution in [0.15, 0.2) is 18.2 Å². The highest BCUT2D eigenvalue weighted by Crippen LogP contribution is 2.35. The molecular formula is C13H17FO2. The number of para-hydroxylation sites is 1. The molecule has 88 valence electrons. The SMILES string of the molecule is COc1c(C(C)F)cccc1C(C)CC=O. The first kappa shape index (κ1) is 12.7. The molecule has 2 atom stereocenters. The fraction of sp³-hybridized carbons (Fsp3) is 0.462. The average molecular weight is 224 g/mol. The summed E-state index contributed by atoms with van der Waals surface area (Å²) < 4.78 is 18.6. The van der Waals surface area contributed by atoms with Gasteiger partial charge in [-0.05, 0) is 18.4 Å². The van der Waals surface area contributed by atoms with Crippen LogP contribution in [0.5, 0.6) is 5.75 Å². The number of benzene rings is 1. The Morgan fingerprint density at radius 1 is 1.38 bits per heavy atom. The minimum atomic E-state index is -1.07. The maximum atomic E-state index is 13.4. The van der Waals surface area contributed by atoms with Crippen LogP contribution >= 0.6 is 0 Å². The standard InChI is InChI=1S/C13H17FO2/c1-9(7-8-15)11-5-4-6-12(10(2)14)13(11)16-3/h4-6,8-10H,7H2,1-3H3. The van der Waals surface area contributed by atoms with Gasteiger partial charge in [0, 0.05) is 12.0 Å². The third kappa shape index (κ3) is 2.60. The summed E-state index contributed by atoms with van der Waals surface area (Å²) in [6, 6.07) is 5.38. The minimum Gasteiger partial charge on any atom is -0.496 e. The van der Waals surface area contributed by atoms with Crippen LogP contribution in [0.4, 0.5) is 4.39 Å². The predicted octanol–water partition coefficient (Wildman–Crippen LogP) is 3.42. The fourth-order valence-electron chi connectivity index (χ4n) is 1.78. The molecule has 2 nitrogen and oxygen atoms in total. The van der Waals surface area contributed by atoms with E-state index in [1.807, 2.05) is 13.0 Å². The molecule has 0 aliphatic rings. The van der Waals surface area contributed by atoms with Crippen molar-refractivity contribution in [2.75, 3.05) is 7.11 Å². The van der Waals surface area contributed by atoms with Gasteiger partial charge in [0.1, 0.15) is 18.2 Å². The minimum absolute atomic E-state index is 0.0474. The second kappa shape index (κ2) is 5.64. The largest absolute Gasteiger partial charge is 0.496 e. The van der Waals surface area contributed by atoms with Gasteiger partial charge in [0.2, 0.25) is 0 Å². The van der Waals surface area contributed by atoms with Gasteiger partial charge in [0.15, 0.2) is 0 Å². The molecular weight excluding hydrogens is 207 g/mol. The molecule has 0 amide bonds. The third-order valence-corrected chi connectivity index (χ3v) is 2.69. The van der Waals surface area contributed by atoms with Crippen molar-refractivity contribution in [3.05, 3.63) is 29.3 Å². The predicted molar refractivity (Wildman–Crippen MR) is 61.6 cm³/mol. The molecule has 1 aromatic carbocycles. The van der Waals surface area contributed by atoms with E-state index in [-0.39, 0.29) is 5.92 Å². The van der Waals surface area contributed by atoms with Crippen molar-refractivity contribution in [1.29, 1.82) is 0 Å². The highest BCUT2D eigenvalue weighted by molar-refractivity contribution is 5.53. The Morgan fingerprint density at radius 3 is 2.50 bits per heavy atom. The molecule has 0 bridgehead atoms. The van der Waals surface area contributed by atoms with Gasteiger partial charge in [-0.25, -0.2) is 4.39 Å². The molecule has 0 aliphatic carbocycles. The number of aldehydes is 1. The second-order valence-corrected chi connectivity index (χ2v) is 3.89. The van der Waals surface area contributed by atoms with E-state index in [9.17, 15) is 9.18 Å². The number of methoxy groups -OCH3 is 1. The van der Waals surface area contributed by atoms with E-state index in [1.165, 1.54) is 14.0 Å². The van der Waals surface area contributed by atoms with Gasteiger partial charge in [-0.2, -0.15) is 0 Å². The van der Waals surface area contributed by atoms with Crippen molar-refractivity contribution in [2.24, 2.45) is 0 Å². The number of carbonyl (C=O) groups excluding carboxylic acids is 1.